The Labute approximate surface area is 85.4 Å². The van der Waals surface area contributed by atoms with Gasteiger partial charge in [-0.1, -0.05) is 20.8 Å². The Morgan fingerprint density at radius 1 is 1.40 bits per heavy atom. The average molecular weight is 177 g/mol. The van der Waals surface area contributed by atoms with Gasteiger partial charge < -0.3 is 14.2 Å². The predicted octanol–water partition coefficient (Wildman–Crippen LogP) is -3.51. The molecular weight excluding hydrogens is 167 g/mol. The Balaban J connectivity index is -0.0000000910. The number of rotatable bonds is 0. The summed E-state index contributed by atoms with van der Waals surface area (Å²) in [4.78, 5) is 0. The number of hydrogen-bond donors (Lipinski definition) is 1. The fraction of sp³-hybridized carbons (Fsp3) is 1.00. The molecule has 0 aliphatic carbocycles. The Kier molecular flexibility index (Phi) is 14.0. The van der Waals surface area contributed by atoms with Crippen LogP contribution in [0.3, 0.4) is 0 Å². The summed E-state index contributed by atoms with van der Waals surface area (Å²) in [7, 11) is 0. The van der Waals surface area contributed by atoms with Crippen molar-refractivity contribution in [2.24, 2.45) is 0 Å². The van der Waals surface area contributed by atoms with E-state index < -0.39 is 17.0 Å². The second-order valence-electron chi connectivity index (χ2n) is 2.33. The minimum atomic E-state index is -2.86. The maximum Gasteiger partial charge on any atom is 1.00 e. The summed E-state index contributed by atoms with van der Waals surface area (Å²) >= 11 is -2.86. The van der Waals surface area contributed by atoms with Gasteiger partial charge in [0.1, 0.15) is 0 Å². The molecule has 0 spiro atoms. The molecule has 0 aromatic carbocycles. The van der Waals surface area contributed by atoms with Crippen molar-refractivity contribution in [3.63, 3.8) is 0 Å². The van der Waals surface area contributed by atoms with E-state index in [2.05, 4.69) is 0 Å². The SMILES string of the molecule is CC(C)(C)[O-].O=S([O-])O.[Na+]. The minimum absolute atomic E-state index is 0. The first-order valence-corrected chi connectivity index (χ1v) is 3.25. The third kappa shape index (κ3) is 549. The van der Waals surface area contributed by atoms with E-state index in [1.165, 1.54) is 0 Å². The van der Waals surface area contributed by atoms with Crippen molar-refractivity contribution in [3.05, 3.63) is 0 Å². The molecule has 0 rings (SSSR count). The summed E-state index contributed by atoms with van der Waals surface area (Å²) in [5.41, 5.74) is -0.750. The third-order valence-corrected chi connectivity index (χ3v) is 0. The van der Waals surface area contributed by atoms with Crippen molar-refractivity contribution >= 4 is 11.4 Å². The quantitative estimate of drug-likeness (QED) is 0.307. The number of hydrogen-bond acceptors (Lipinski definition) is 3. The van der Waals surface area contributed by atoms with Crippen LogP contribution in [0.15, 0.2) is 0 Å². The van der Waals surface area contributed by atoms with Gasteiger partial charge in [0, 0.05) is 0 Å². The Bertz CT molecular complexity index is 79.7. The zero-order chi connectivity index (χ0) is 8.08. The molecule has 0 aliphatic rings. The molecule has 0 aliphatic heterocycles. The van der Waals surface area contributed by atoms with E-state index in [0.717, 1.165) is 0 Å². The maximum absolute atomic E-state index is 10.1. The van der Waals surface area contributed by atoms with Crippen LogP contribution in [-0.4, -0.2) is 18.9 Å². The van der Waals surface area contributed by atoms with E-state index in [1.54, 1.807) is 20.8 Å². The largest absolute Gasteiger partial charge is 1.00 e. The van der Waals surface area contributed by atoms with Crippen molar-refractivity contribution < 1.29 is 48.0 Å². The standard InChI is InChI=1S/C4H9O.Na.H2O3S/c1-4(2,3)5;;1-4(2)3/h1-3H3;;(H2,1,2,3)/q-1;+1;/p-1. The van der Waals surface area contributed by atoms with Crippen LogP contribution in [0, 0.1) is 0 Å². The van der Waals surface area contributed by atoms with Crippen molar-refractivity contribution in [3.8, 4) is 0 Å². The van der Waals surface area contributed by atoms with E-state index in [-0.39, 0.29) is 29.6 Å². The molecule has 0 aromatic rings. The fourth-order valence-corrected chi connectivity index (χ4v) is 0. The molecule has 0 saturated carbocycles. The molecule has 0 heterocycles. The van der Waals surface area contributed by atoms with Crippen LogP contribution in [0.5, 0.6) is 0 Å². The summed E-state index contributed by atoms with van der Waals surface area (Å²) in [6.07, 6.45) is 0. The van der Waals surface area contributed by atoms with Crippen LogP contribution in [0.25, 0.3) is 0 Å². The molecule has 0 radical (unpaired) electrons. The maximum atomic E-state index is 10.1. The van der Waals surface area contributed by atoms with Gasteiger partial charge in [-0.3, -0.25) is 0 Å². The van der Waals surface area contributed by atoms with Crippen LogP contribution >= 0.6 is 0 Å². The molecule has 0 bridgehead atoms. The van der Waals surface area contributed by atoms with Crippen molar-refractivity contribution in [1.82, 2.24) is 0 Å². The van der Waals surface area contributed by atoms with Gasteiger partial charge in [-0.15, -0.1) is 5.60 Å². The van der Waals surface area contributed by atoms with Crippen LogP contribution in [0.1, 0.15) is 20.8 Å². The van der Waals surface area contributed by atoms with Gasteiger partial charge in [0.15, 0.2) is 0 Å². The van der Waals surface area contributed by atoms with Gasteiger partial charge in [0.2, 0.25) is 0 Å². The van der Waals surface area contributed by atoms with Crippen LogP contribution < -0.4 is 34.7 Å². The van der Waals surface area contributed by atoms with E-state index >= 15 is 0 Å². The third-order valence-electron chi connectivity index (χ3n) is 0. The van der Waals surface area contributed by atoms with Gasteiger partial charge in [0.25, 0.3) is 0 Å². The van der Waals surface area contributed by atoms with Crippen molar-refractivity contribution in [2.45, 2.75) is 26.4 Å². The zero-order valence-electron chi connectivity index (χ0n) is 6.58. The molecular formula is C4H10NaO4S-. The van der Waals surface area contributed by atoms with Crippen LogP contribution in [0.4, 0.5) is 0 Å². The van der Waals surface area contributed by atoms with Gasteiger partial charge >= 0.3 is 29.6 Å². The molecule has 58 valence electrons. The fourth-order valence-electron chi connectivity index (χ4n) is 0. The smallest absolute Gasteiger partial charge is 0.850 e. The van der Waals surface area contributed by atoms with E-state index in [1.807, 2.05) is 0 Å². The van der Waals surface area contributed by atoms with Crippen LogP contribution in [-0.2, 0) is 11.4 Å². The first kappa shape index (κ1) is 17.2. The van der Waals surface area contributed by atoms with Gasteiger partial charge in [-0.05, 0) is 0 Å². The molecule has 4 nitrogen and oxygen atoms in total. The molecule has 6 heteroatoms. The predicted molar refractivity (Wildman–Crippen MR) is 31.3 cm³/mol. The summed E-state index contributed by atoms with van der Waals surface area (Å²) in [5, 5.41) is 10.1. The summed E-state index contributed by atoms with van der Waals surface area (Å²) in [5.74, 6) is 0. The summed E-state index contributed by atoms with van der Waals surface area (Å²) in [6, 6.07) is 0. The second kappa shape index (κ2) is 8.13. The van der Waals surface area contributed by atoms with E-state index in [4.69, 9.17) is 13.3 Å². The second-order valence-corrected chi connectivity index (χ2v) is 2.76. The summed E-state index contributed by atoms with van der Waals surface area (Å²) in [6.45, 7) is 4.90. The molecule has 0 amide bonds. The molecule has 1 unspecified atom stereocenters. The zero-order valence-corrected chi connectivity index (χ0v) is 9.40. The molecule has 1 N–H and O–H groups in total. The Hall–Kier alpha value is 1.03. The molecule has 10 heavy (non-hydrogen) atoms. The van der Waals surface area contributed by atoms with E-state index in [9.17, 15) is 5.11 Å². The van der Waals surface area contributed by atoms with E-state index in [0.29, 0.717) is 0 Å². The van der Waals surface area contributed by atoms with Gasteiger partial charge in [0.05, 0.1) is 11.4 Å². The molecule has 0 fully saturated rings. The average Bonchev–Trinajstić information content (AvgIpc) is 1.19. The van der Waals surface area contributed by atoms with Gasteiger partial charge in [-0.25, -0.2) is 4.21 Å². The Morgan fingerprint density at radius 3 is 1.40 bits per heavy atom. The van der Waals surface area contributed by atoms with Crippen molar-refractivity contribution in [1.29, 1.82) is 0 Å². The molecule has 0 aromatic heterocycles. The minimum Gasteiger partial charge on any atom is -0.850 e. The van der Waals surface area contributed by atoms with Crippen molar-refractivity contribution in [2.75, 3.05) is 0 Å². The summed E-state index contributed by atoms with van der Waals surface area (Å²) < 4.78 is 24.1. The first-order chi connectivity index (χ1) is 3.73. The van der Waals surface area contributed by atoms with Crippen LogP contribution in [0.2, 0.25) is 0 Å². The topological polar surface area (TPSA) is 83.4 Å². The monoisotopic (exact) mass is 177 g/mol. The molecule has 0 saturated heterocycles. The molecule has 1 atom stereocenters. The van der Waals surface area contributed by atoms with Gasteiger partial charge in [-0.2, -0.15) is 0 Å². The Morgan fingerprint density at radius 2 is 1.40 bits per heavy atom. The first-order valence-electron chi connectivity index (χ1n) is 2.22. The normalized spacial score (nSPS) is 12.2.